The molecule has 1 N–H and O–H groups in total. The number of furan rings is 1. The highest BCUT2D eigenvalue weighted by atomic mass is 16.5. The highest BCUT2D eigenvalue weighted by molar-refractivity contribution is 5.88. The van der Waals surface area contributed by atoms with Crippen molar-refractivity contribution in [3.8, 4) is 0 Å². The molecule has 0 unspecified atom stereocenters. The zero-order chi connectivity index (χ0) is 16.8. The molecule has 0 aromatic carbocycles. The fourth-order valence-electron chi connectivity index (χ4n) is 2.60. The number of carbonyl (C=O) groups is 2. The Hall–Kier alpha value is -1.82. The van der Waals surface area contributed by atoms with Gasteiger partial charge in [0.05, 0.1) is 13.2 Å². The predicted molar refractivity (Wildman–Crippen MR) is 85.9 cm³/mol. The van der Waals surface area contributed by atoms with Crippen molar-refractivity contribution in [2.45, 2.75) is 39.7 Å². The summed E-state index contributed by atoms with van der Waals surface area (Å²) in [6.45, 7) is 8.05. The maximum Gasteiger partial charge on any atom is 0.245 e. The Morgan fingerprint density at radius 1 is 1.26 bits per heavy atom. The normalized spacial score (nSPS) is 16.4. The molecular weight excluding hydrogens is 296 g/mol. The van der Waals surface area contributed by atoms with E-state index in [1.807, 2.05) is 32.9 Å². The maximum absolute atomic E-state index is 12.6. The van der Waals surface area contributed by atoms with Crippen LogP contribution in [-0.2, 0) is 20.7 Å². The van der Waals surface area contributed by atoms with E-state index in [9.17, 15) is 9.59 Å². The van der Waals surface area contributed by atoms with Crippen molar-refractivity contribution >= 4 is 11.8 Å². The fraction of sp³-hybridized carbons (Fsp3) is 0.647. The molecule has 0 spiro atoms. The van der Waals surface area contributed by atoms with Gasteiger partial charge in [-0.15, -0.1) is 0 Å². The van der Waals surface area contributed by atoms with E-state index in [1.54, 1.807) is 4.90 Å². The van der Waals surface area contributed by atoms with Gasteiger partial charge in [-0.2, -0.15) is 0 Å². The molecule has 1 aliphatic rings. The van der Waals surface area contributed by atoms with Gasteiger partial charge in [-0.05, 0) is 25.0 Å². The van der Waals surface area contributed by atoms with Crippen LogP contribution in [0.4, 0.5) is 0 Å². The molecule has 0 bridgehead atoms. The van der Waals surface area contributed by atoms with Crippen molar-refractivity contribution in [2.75, 3.05) is 26.3 Å². The molecule has 0 aliphatic carbocycles. The lowest BCUT2D eigenvalue weighted by atomic mass is 10.0. The first-order chi connectivity index (χ1) is 11.0. The molecule has 23 heavy (non-hydrogen) atoms. The summed E-state index contributed by atoms with van der Waals surface area (Å²) >= 11 is 0. The van der Waals surface area contributed by atoms with Crippen LogP contribution < -0.4 is 5.32 Å². The third kappa shape index (κ3) is 5.10. The third-order valence-electron chi connectivity index (χ3n) is 3.97. The number of hydrogen-bond donors (Lipinski definition) is 1. The Labute approximate surface area is 137 Å². The van der Waals surface area contributed by atoms with Gasteiger partial charge in [0, 0.05) is 25.9 Å². The Bertz CT molecular complexity index is 532. The second kappa shape index (κ2) is 8.15. The lowest BCUT2D eigenvalue weighted by Crippen LogP contribution is -2.53. The minimum absolute atomic E-state index is 0.0227. The molecule has 6 heteroatoms. The Balaban J connectivity index is 1.87. The van der Waals surface area contributed by atoms with Gasteiger partial charge >= 0.3 is 0 Å². The second-order valence-corrected chi connectivity index (χ2v) is 6.24. The number of nitrogens with zero attached hydrogens (tertiary/aromatic N) is 1. The van der Waals surface area contributed by atoms with Crippen molar-refractivity contribution in [3.05, 3.63) is 23.7 Å². The molecule has 2 amide bonds. The van der Waals surface area contributed by atoms with Gasteiger partial charge in [0.1, 0.15) is 17.6 Å². The molecule has 6 nitrogen and oxygen atoms in total. The molecule has 1 saturated heterocycles. The number of carbonyl (C=O) groups excluding carboxylic acids is 2. The number of amides is 2. The third-order valence-corrected chi connectivity index (χ3v) is 3.97. The predicted octanol–water partition coefficient (Wildman–Crippen LogP) is 1.52. The van der Waals surface area contributed by atoms with Crippen LogP contribution in [0.3, 0.4) is 0 Å². The minimum atomic E-state index is -0.487. The van der Waals surface area contributed by atoms with E-state index in [-0.39, 0.29) is 17.7 Å². The number of aryl methyl sites for hydroxylation is 2. The number of nitrogens with one attached hydrogen (secondary N) is 1. The van der Waals surface area contributed by atoms with Gasteiger partial charge in [0.25, 0.3) is 0 Å². The Kier molecular flexibility index (Phi) is 6.21. The summed E-state index contributed by atoms with van der Waals surface area (Å²) < 4.78 is 10.7. The maximum atomic E-state index is 12.6. The zero-order valence-corrected chi connectivity index (χ0v) is 14.1. The van der Waals surface area contributed by atoms with E-state index in [0.717, 1.165) is 11.5 Å². The molecule has 0 saturated carbocycles. The van der Waals surface area contributed by atoms with Crippen LogP contribution in [-0.4, -0.2) is 49.1 Å². The number of morpholine rings is 1. The van der Waals surface area contributed by atoms with Crippen molar-refractivity contribution in [3.63, 3.8) is 0 Å². The van der Waals surface area contributed by atoms with Crippen molar-refractivity contribution in [1.82, 2.24) is 10.2 Å². The first-order valence-corrected chi connectivity index (χ1v) is 8.18. The molecule has 0 radical (unpaired) electrons. The molecule has 1 fully saturated rings. The average molecular weight is 322 g/mol. The van der Waals surface area contributed by atoms with Crippen LogP contribution in [0.1, 0.15) is 31.8 Å². The molecule has 128 valence electrons. The van der Waals surface area contributed by atoms with Gasteiger partial charge in [-0.25, -0.2) is 0 Å². The quantitative estimate of drug-likeness (QED) is 0.862. The smallest absolute Gasteiger partial charge is 0.245 e. The monoisotopic (exact) mass is 322 g/mol. The summed E-state index contributed by atoms with van der Waals surface area (Å²) in [6, 6.07) is 3.27. The summed E-state index contributed by atoms with van der Waals surface area (Å²) in [5, 5.41) is 2.88. The average Bonchev–Trinajstić information content (AvgIpc) is 2.96. The van der Waals surface area contributed by atoms with Crippen LogP contribution in [0, 0.1) is 12.8 Å². The van der Waals surface area contributed by atoms with Crippen LogP contribution in [0.5, 0.6) is 0 Å². The van der Waals surface area contributed by atoms with Crippen LogP contribution in [0.25, 0.3) is 0 Å². The fourth-order valence-corrected chi connectivity index (χ4v) is 2.60. The van der Waals surface area contributed by atoms with Crippen molar-refractivity contribution in [2.24, 2.45) is 5.92 Å². The molecule has 1 aromatic rings. The molecular formula is C17H26N2O4. The highest BCUT2D eigenvalue weighted by Gasteiger charge is 2.29. The SMILES string of the molecule is Cc1ccc(CCC(=O)N[C@@H](C(=O)N2CCOCC2)C(C)C)o1. The summed E-state index contributed by atoms with van der Waals surface area (Å²) in [7, 11) is 0. The summed E-state index contributed by atoms with van der Waals surface area (Å²) in [5.41, 5.74) is 0. The van der Waals surface area contributed by atoms with E-state index in [1.165, 1.54) is 0 Å². The van der Waals surface area contributed by atoms with Gasteiger partial charge in [0.2, 0.25) is 11.8 Å². The molecule has 1 aliphatic heterocycles. The highest BCUT2D eigenvalue weighted by Crippen LogP contribution is 2.11. The lowest BCUT2D eigenvalue weighted by molar-refractivity contribution is -0.141. The molecule has 1 aromatic heterocycles. The number of hydrogen-bond acceptors (Lipinski definition) is 4. The molecule has 2 heterocycles. The molecule has 2 rings (SSSR count). The van der Waals surface area contributed by atoms with Gasteiger partial charge in [-0.3, -0.25) is 9.59 Å². The largest absolute Gasteiger partial charge is 0.466 e. The lowest BCUT2D eigenvalue weighted by Gasteiger charge is -2.32. The Morgan fingerprint density at radius 2 is 1.96 bits per heavy atom. The standard InChI is InChI=1S/C17H26N2O4/c1-12(2)16(17(21)19-8-10-22-11-9-19)18-15(20)7-6-14-5-4-13(3)23-14/h4-5,12,16H,6-11H2,1-3H3,(H,18,20)/t16-/m1/s1. The van der Waals surface area contributed by atoms with E-state index in [0.29, 0.717) is 39.1 Å². The Morgan fingerprint density at radius 3 is 2.52 bits per heavy atom. The topological polar surface area (TPSA) is 71.8 Å². The summed E-state index contributed by atoms with van der Waals surface area (Å²) in [4.78, 5) is 26.5. The first-order valence-electron chi connectivity index (χ1n) is 8.18. The first kappa shape index (κ1) is 17.5. The number of rotatable bonds is 6. The molecule has 1 atom stereocenters. The zero-order valence-electron chi connectivity index (χ0n) is 14.1. The minimum Gasteiger partial charge on any atom is -0.466 e. The second-order valence-electron chi connectivity index (χ2n) is 6.24. The van der Waals surface area contributed by atoms with E-state index < -0.39 is 6.04 Å². The van der Waals surface area contributed by atoms with Crippen LogP contribution >= 0.6 is 0 Å². The van der Waals surface area contributed by atoms with Gasteiger partial charge in [-0.1, -0.05) is 13.8 Å². The van der Waals surface area contributed by atoms with E-state index in [2.05, 4.69) is 5.32 Å². The van der Waals surface area contributed by atoms with Crippen LogP contribution in [0.15, 0.2) is 16.5 Å². The van der Waals surface area contributed by atoms with Crippen molar-refractivity contribution < 1.29 is 18.7 Å². The van der Waals surface area contributed by atoms with E-state index in [4.69, 9.17) is 9.15 Å². The van der Waals surface area contributed by atoms with Gasteiger partial charge in [0.15, 0.2) is 0 Å². The summed E-state index contributed by atoms with van der Waals surface area (Å²) in [5.74, 6) is 1.52. The van der Waals surface area contributed by atoms with Crippen LogP contribution in [0.2, 0.25) is 0 Å². The van der Waals surface area contributed by atoms with E-state index >= 15 is 0 Å². The van der Waals surface area contributed by atoms with Gasteiger partial charge < -0.3 is 19.4 Å². The van der Waals surface area contributed by atoms with Crippen molar-refractivity contribution in [1.29, 1.82) is 0 Å². The number of ether oxygens (including phenoxy) is 1. The summed E-state index contributed by atoms with van der Waals surface area (Å²) in [6.07, 6.45) is 0.850.